The second-order valence-corrected chi connectivity index (χ2v) is 5.54. The van der Waals surface area contributed by atoms with Crippen LogP contribution in [0.1, 0.15) is 24.1 Å². The zero-order valence-corrected chi connectivity index (χ0v) is 11.8. The lowest BCUT2D eigenvalue weighted by Gasteiger charge is -2.14. The van der Waals surface area contributed by atoms with Crippen molar-refractivity contribution in [3.05, 3.63) is 46.5 Å². The summed E-state index contributed by atoms with van der Waals surface area (Å²) < 4.78 is 2.81. The van der Waals surface area contributed by atoms with Crippen molar-refractivity contribution in [2.75, 3.05) is 0 Å². The third-order valence-electron chi connectivity index (χ3n) is 3.88. The highest BCUT2D eigenvalue weighted by Gasteiger charge is 2.15. The normalized spacial score (nSPS) is 14.4. The van der Waals surface area contributed by atoms with Crippen molar-refractivity contribution in [2.24, 2.45) is 0 Å². The van der Waals surface area contributed by atoms with E-state index in [2.05, 4.69) is 16.1 Å². The molecule has 4 nitrogen and oxygen atoms in total. The van der Waals surface area contributed by atoms with Crippen LogP contribution in [0.3, 0.4) is 0 Å². The average molecular weight is 282 g/mol. The minimum absolute atomic E-state index is 0.880. The van der Waals surface area contributed by atoms with E-state index in [4.69, 9.17) is 17.2 Å². The molecule has 0 aliphatic heterocycles. The minimum atomic E-state index is 0.880. The molecule has 3 aromatic heterocycles. The van der Waals surface area contributed by atoms with E-state index in [-0.39, 0.29) is 0 Å². The van der Waals surface area contributed by atoms with Gasteiger partial charge in [-0.3, -0.25) is 10.1 Å². The molecule has 1 aliphatic carbocycles. The summed E-state index contributed by atoms with van der Waals surface area (Å²) in [5, 5.41) is 3.35. The molecule has 0 aromatic carbocycles. The molecule has 4 rings (SSSR count). The highest BCUT2D eigenvalue weighted by molar-refractivity contribution is 7.71. The quantitative estimate of drug-likeness (QED) is 0.696. The Hall–Kier alpha value is -2.01. The van der Waals surface area contributed by atoms with E-state index in [1.807, 2.05) is 16.6 Å². The van der Waals surface area contributed by atoms with Gasteiger partial charge in [0.15, 0.2) is 5.65 Å². The van der Waals surface area contributed by atoms with Gasteiger partial charge in [0.2, 0.25) is 0 Å². The number of H-pyrrole nitrogens is 1. The molecule has 0 amide bonds. The molecule has 5 heteroatoms. The Morgan fingerprint density at radius 2 is 1.95 bits per heavy atom. The number of aromatic amines is 1. The van der Waals surface area contributed by atoms with Gasteiger partial charge in [-0.15, -0.1) is 0 Å². The van der Waals surface area contributed by atoms with Crippen molar-refractivity contribution in [2.45, 2.75) is 25.7 Å². The van der Waals surface area contributed by atoms with Gasteiger partial charge in [0.1, 0.15) is 4.64 Å². The molecule has 20 heavy (non-hydrogen) atoms. The molecule has 0 unspecified atom stereocenters. The number of nitrogens with zero attached hydrogens (tertiary/aromatic N) is 3. The molecular formula is C15H14N4S. The van der Waals surface area contributed by atoms with E-state index in [1.165, 1.54) is 24.1 Å². The van der Waals surface area contributed by atoms with Gasteiger partial charge in [-0.25, -0.2) is 9.50 Å². The highest BCUT2D eigenvalue weighted by Crippen LogP contribution is 2.24. The largest absolute Gasteiger partial charge is 0.291 e. The Labute approximate surface area is 121 Å². The summed E-state index contributed by atoms with van der Waals surface area (Å²) in [6, 6.07) is 6.02. The molecule has 1 aliphatic rings. The van der Waals surface area contributed by atoms with E-state index in [9.17, 15) is 0 Å². The fourth-order valence-corrected chi connectivity index (χ4v) is 3.20. The maximum atomic E-state index is 5.62. The van der Waals surface area contributed by atoms with Gasteiger partial charge in [0.05, 0.1) is 5.69 Å². The van der Waals surface area contributed by atoms with Crippen LogP contribution in [0.2, 0.25) is 0 Å². The van der Waals surface area contributed by atoms with Crippen LogP contribution in [0.25, 0.3) is 16.9 Å². The number of aryl methyl sites for hydroxylation is 1. The lowest BCUT2D eigenvalue weighted by molar-refractivity contribution is 0.657. The van der Waals surface area contributed by atoms with Gasteiger partial charge in [-0.05, 0) is 37.8 Å². The van der Waals surface area contributed by atoms with Crippen molar-refractivity contribution in [1.29, 1.82) is 0 Å². The Morgan fingerprint density at radius 1 is 1.15 bits per heavy atom. The maximum absolute atomic E-state index is 5.62. The molecule has 0 fully saturated rings. The predicted molar refractivity (Wildman–Crippen MR) is 80.2 cm³/mol. The van der Waals surface area contributed by atoms with E-state index in [0.29, 0.717) is 0 Å². The standard InChI is InChI=1S/C15H14N4S/c20-15-11-3-1-2-4-12(11)17-14-9-13(18-19(14)15)10-5-7-16-8-6-10/h5-9,18H,1-4H2. The van der Waals surface area contributed by atoms with Crippen molar-refractivity contribution in [3.8, 4) is 11.3 Å². The summed E-state index contributed by atoms with van der Waals surface area (Å²) in [6.07, 6.45) is 8.10. The number of fused-ring (bicyclic) bond motifs is 2. The SMILES string of the molecule is S=c1c2c(nc3cc(-c4ccncc4)[nH]n13)CCCC2. The van der Waals surface area contributed by atoms with Crippen molar-refractivity contribution in [1.82, 2.24) is 19.6 Å². The van der Waals surface area contributed by atoms with Gasteiger partial charge < -0.3 is 0 Å². The molecule has 0 saturated carbocycles. The van der Waals surface area contributed by atoms with Crippen LogP contribution in [0, 0.1) is 4.64 Å². The molecule has 3 heterocycles. The summed E-state index contributed by atoms with van der Waals surface area (Å²) in [4.78, 5) is 8.82. The number of hydrogen-bond donors (Lipinski definition) is 1. The Balaban J connectivity index is 1.96. The van der Waals surface area contributed by atoms with E-state index < -0.39 is 0 Å². The monoisotopic (exact) mass is 282 g/mol. The first-order chi connectivity index (χ1) is 9.83. The number of hydrogen-bond acceptors (Lipinski definition) is 3. The van der Waals surface area contributed by atoms with Crippen LogP contribution in [0.5, 0.6) is 0 Å². The summed E-state index contributed by atoms with van der Waals surface area (Å²) in [5.74, 6) is 0. The van der Waals surface area contributed by atoms with Crippen molar-refractivity contribution in [3.63, 3.8) is 0 Å². The third-order valence-corrected chi connectivity index (χ3v) is 4.30. The van der Waals surface area contributed by atoms with Crippen LogP contribution < -0.4 is 0 Å². The molecule has 100 valence electrons. The number of nitrogens with one attached hydrogen (secondary N) is 1. The number of pyridine rings is 1. The first-order valence-electron chi connectivity index (χ1n) is 6.87. The molecule has 1 N–H and O–H groups in total. The average Bonchev–Trinajstić information content (AvgIpc) is 2.93. The van der Waals surface area contributed by atoms with Crippen LogP contribution in [0.15, 0.2) is 30.6 Å². The van der Waals surface area contributed by atoms with Crippen molar-refractivity contribution >= 4 is 17.9 Å². The van der Waals surface area contributed by atoms with Gasteiger partial charge >= 0.3 is 0 Å². The molecule has 0 saturated heterocycles. The summed E-state index contributed by atoms with van der Waals surface area (Å²) in [7, 11) is 0. The smallest absolute Gasteiger partial charge is 0.155 e. The topological polar surface area (TPSA) is 46.0 Å². The van der Waals surface area contributed by atoms with Crippen LogP contribution in [0.4, 0.5) is 0 Å². The van der Waals surface area contributed by atoms with E-state index >= 15 is 0 Å². The predicted octanol–water partition coefficient (Wildman–Crippen LogP) is 3.33. The molecule has 3 aromatic rings. The second-order valence-electron chi connectivity index (χ2n) is 5.15. The second kappa shape index (κ2) is 4.52. The van der Waals surface area contributed by atoms with Crippen molar-refractivity contribution < 1.29 is 0 Å². The van der Waals surface area contributed by atoms with Gasteiger partial charge in [0.25, 0.3) is 0 Å². The van der Waals surface area contributed by atoms with Crippen LogP contribution >= 0.6 is 12.2 Å². The fraction of sp³-hybridized carbons (Fsp3) is 0.267. The fourth-order valence-electron chi connectivity index (χ4n) is 2.84. The van der Waals surface area contributed by atoms with E-state index in [1.54, 1.807) is 12.4 Å². The van der Waals surface area contributed by atoms with E-state index in [0.717, 1.165) is 34.4 Å². The maximum Gasteiger partial charge on any atom is 0.155 e. The summed E-state index contributed by atoms with van der Waals surface area (Å²) >= 11 is 5.62. The first kappa shape index (κ1) is 11.8. The number of rotatable bonds is 1. The number of aromatic nitrogens is 4. The molecule has 0 atom stereocenters. The molecule has 0 bridgehead atoms. The zero-order chi connectivity index (χ0) is 13.5. The summed E-state index contributed by atoms with van der Waals surface area (Å²) in [6.45, 7) is 0. The van der Waals surface area contributed by atoms with Crippen LogP contribution in [-0.4, -0.2) is 19.6 Å². The van der Waals surface area contributed by atoms with Gasteiger partial charge in [-0.2, -0.15) is 0 Å². The minimum Gasteiger partial charge on any atom is -0.291 e. The molecular weight excluding hydrogens is 268 g/mol. The first-order valence-corrected chi connectivity index (χ1v) is 7.28. The van der Waals surface area contributed by atoms with Crippen LogP contribution in [-0.2, 0) is 12.8 Å². The Morgan fingerprint density at radius 3 is 2.80 bits per heavy atom. The zero-order valence-electron chi connectivity index (χ0n) is 11.0. The lowest BCUT2D eigenvalue weighted by Crippen LogP contribution is -2.09. The Bertz CT molecular complexity index is 832. The van der Waals surface area contributed by atoms with Gasteiger partial charge in [0, 0.05) is 35.3 Å². The lowest BCUT2D eigenvalue weighted by atomic mass is 9.97. The highest BCUT2D eigenvalue weighted by atomic mass is 32.1. The molecule has 0 spiro atoms. The Kier molecular flexibility index (Phi) is 2.67. The van der Waals surface area contributed by atoms with Gasteiger partial charge in [-0.1, -0.05) is 12.2 Å². The summed E-state index contributed by atoms with van der Waals surface area (Å²) in [5.41, 5.74) is 5.45. The third kappa shape index (κ3) is 1.78. The molecule has 0 radical (unpaired) electrons.